The van der Waals surface area contributed by atoms with Gasteiger partial charge in [-0.25, -0.2) is 0 Å². The van der Waals surface area contributed by atoms with Crippen molar-refractivity contribution in [1.29, 1.82) is 0 Å². The molecule has 0 bridgehead atoms. The van der Waals surface area contributed by atoms with E-state index in [1.807, 2.05) is 25.1 Å². The van der Waals surface area contributed by atoms with E-state index in [-0.39, 0.29) is 12.6 Å². The van der Waals surface area contributed by atoms with Gasteiger partial charge in [0, 0.05) is 13.7 Å². The second kappa shape index (κ2) is 7.27. The van der Waals surface area contributed by atoms with E-state index in [1.165, 1.54) is 0 Å². The van der Waals surface area contributed by atoms with Crippen LogP contribution < -0.4 is 10.1 Å². The molecule has 1 aromatic rings. The molecule has 4 heteroatoms. The molecule has 0 saturated carbocycles. The van der Waals surface area contributed by atoms with Gasteiger partial charge in [-0.15, -0.1) is 0 Å². The fourth-order valence-corrected chi connectivity index (χ4v) is 1.74. The van der Waals surface area contributed by atoms with E-state index < -0.39 is 0 Å². The van der Waals surface area contributed by atoms with Crippen LogP contribution in [0.5, 0.6) is 5.75 Å². The monoisotopic (exact) mass is 239 g/mol. The predicted octanol–water partition coefficient (Wildman–Crippen LogP) is 1.27. The van der Waals surface area contributed by atoms with Crippen LogP contribution in [0, 0.1) is 6.92 Å². The van der Waals surface area contributed by atoms with Gasteiger partial charge < -0.3 is 19.9 Å². The molecule has 1 rings (SSSR count). The number of aliphatic hydroxyl groups is 1. The van der Waals surface area contributed by atoms with Crippen LogP contribution in [0.2, 0.25) is 0 Å². The predicted molar refractivity (Wildman–Crippen MR) is 67.4 cm³/mol. The number of aryl methyl sites for hydroxylation is 1. The summed E-state index contributed by atoms with van der Waals surface area (Å²) in [5.74, 6) is 0.863. The lowest BCUT2D eigenvalue weighted by Crippen LogP contribution is -2.27. The summed E-state index contributed by atoms with van der Waals surface area (Å²) in [6.45, 7) is 3.40. The molecule has 96 valence electrons. The molecule has 4 nitrogen and oxygen atoms in total. The van der Waals surface area contributed by atoms with Crippen LogP contribution in [0.25, 0.3) is 0 Å². The van der Waals surface area contributed by atoms with Gasteiger partial charge in [-0.1, -0.05) is 12.1 Å². The number of hydrogen-bond acceptors (Lipinski definition) is 4. The molecule has 1 aromatic carbocycles. The zero-order valence-corrected chi connectivity index (χ0v) is 10.7. The van der Waals surface area contributed by atoms with Crippen molar-refractivity contribution in [3.05, 3.63) is 29.3 Å². The number of benzene rings is 1. The minimum absolute atomic E-state index is 0.0604. The van der Waals surface area contributed by atoms with Crippen molar-refractivity contribution in [2.24, 2.45) is 0 Å². The molecule has 0 aliphatic rings. The van der Waals surface area contributed by atoms with Crippen molar-refractivity contribution in [1.82, 2.24) is 5.32 Å². The van der Waals surface area contributed by atoms with Crippen LogP contribution in [0.4, 0.5) is 0 Å². The number of nitrogens with one attached hydrogen (secondary N) is 1. The Morgan fingerprint density at radius 1 is 1.35 bits per heavy atom. The Morgan fingerprint density at radius 2 is 2.12 bits per heavy atom. The third-order valence-electron chi connectivity index (χ3n) is 2.70. The first-order chi connectivity index (χ1) is 8.22. The fraction of sp³-hybridized carbons (Fsp3) is 0.538. The molecule has 1 atom stereocenters. The van der Waals surface area contributed by atoms with E-state index in [1.54, 1.807) is 14.2 Å². The van der Waals surface area contributed by atoms with Gasteiger partial charge in [-0.3, -0.25) is 0 Å². The SMILES string of the molecule is COCCNC(CO)c1ccc(OC)c(C)c1. The van der Waals surface area contributed by atoms with Crippen molar-refractivity contribution in [3.8, 4) is 5.75 Å². The molecule has 0 aliphatic heterocycles. The summed E-state index contributed by atoms with van der Waals surface area (Å²) in [5.41, 5.74) is 2.12. The highest BCUT2D eigenvalue weighted by atomic mass is 16.5. The number of methoxy groups -OCH3 is 2. The summed E-state index contributed by atoms with van der Waals surface area (Å²) in [7, 11) is 3.32. The summed E-state index contributed by atoms with van der Waals surface area (Å²) in [6.07, 6.45) is 0. The first kappa shape index (κ1) is 14.0. The van der Waals surface area contributed by atoms with Crippen LogP contribution in [-0.2, 0) is 4.74 Å². The molecule has 0 heterocycles. The molecule has 2 N–H and O–H groups in total. The van der Waals surface area contributed by atoms with Crippen molar-refractivity contribution >= 4 is 0 Å². The summed E-state index contributed by atoms with van der Waals surface area (Å²) < 4.78 is 10.2. The average Bonchev–Trinajstić information content (AvgIpc) is 2.35. The highest BCUT2D eigenvalue weighted by Crippen LogP contribution is 2.22. The Labute approximate surface area is 103 Å². The second-order valence-electron chi connectivity index (χ2n) is 3.91. The minimum Gasteiger partial charge on any atom is -0.496 e. The van der Waals surface area contributed by atoms with E-state index >= 15 is 0 Å². The van der Waals surface area contributed by atoms with Gasteiger partial charge >= 0.3 is 0 Å². The van der Waals surface area contributed by atoms with E-state index in [9.17, 15) is 5.11 Å². The summed E-state index contributed by atoms with van der Waals surface area (Å²) >= 11 is 0. The fourth-order valence-electron chi connectivity index (χ4n) is 1.74. The standard InChI is InChI=1S/C13H21NO3/c1-10-8-11(4-5-13(10)17-3)12(9-15)14-6-7-16-2/h4-5,8,12,14-15H,6-7,9H2,1-3H3. The molecule has 0 aliphatic carbocycles. The summed E-state index contributed by atoms with van der Waals surface area (Å²) in [6, 6.07) is 5.85. The lowest BCUT2D eigenvalue weighted by Gasteiger charge is -2.17. The normalized spacial score (nSPS) is 12.5. The summed E-state index contributed by atoms with van der Waals surface area (Å²) in [5, 5.41) is 12.6. The highest BCUT2D eigenvalue weighted by molar-refractivity contribution is 5.37. The van der Waals surface area contributed by atoms with Crippen molar-refractivity contribution < 1.29 is 14.6 Å². The van der Waals surface area contributed by atoms with E-state index in [0.29, 0.717) is 13.2 Å². The van der Waals surface area contributed by atoms with Gasteiger partial charge in [0.15, 0.2) is 0 Å². The van der Waals surface area contributed by atoms with Crippen LogP contribution in [0.15, 0.2) is 18.2 Å². The third kappa shape index (κ3) is 4.00. The second-order valence-corrected chi connectivity index (χ2v) is 3.91. The third-order valence-corrected chi connectivity index (χ3v) is 2.70. The van der Waals surface area contributed by atoms with Gasteiger partial charge in [0.2, 0.25) is 0 Å². The van der Waals surface area contributed by atoms with Crippen molar-refractivity contribution in [2.45, 2.75) is 13.0 Å². The topological polar surface area (TPSA) is 50.7 Å². The Bertz CT molecular complexity index is 341. The maximum absolute atomic E-state index is 9.36. The molecule has 0 saturated heterocycles. The lowest BCUT2D eigenvalue weighted by molar-refractivity contribution is 0.184. The Hall–Kier alpha value is -1.10. The Morgan fingerprint density at radius 3 is 2.65 bits per heavy atom. The number of ether oxygens (including phenoxy) is 2. The molecule has 1 unspecified atom stereocenters. The lowest BCUT2D eigenvalue weighted by atomic mass is 10.0. The number of rotatable bonds is 7. The van der Waals surface area contributed by atoms with E-state index in [4.69, 9.17) is 9.47 Å². The zero-order valence-electron chi connectivity index (χ0n) is 10.7. The molecule has 0 amide bonds. The van der Waals surface area contributed by atoms with Gasteiger partial charge in [0.25, 0.3) is 0 Å². The molecule has 0 spiro atoms. The minimum atomic E-state index is -0.0604. The molecular formula is C13H21NO3. The molecule has 0 radical (unpaired) electrons. The average molecular weight is 239 g/mol. The Balaban J connectivity index is 2.71. The molecule has 0 fully saturated rings. The largest absolute Gasteiger partial charge is 0.496 e. The first-order valence-corrected chi connectivity index (χ1v) is 5.70. The van der Waals surface area contributed by atoms with Crippen LogP contribution in [-0.4, -0.2) is 39.1 Å². The maximum atomic E-state index is 9.36. The van der Waals surface area contributed by atoms with Gasteiger partial charge in [-0.05, 0) is 24.1 Å². The van der Waals surface area contributed by atoms with Crippen molar-refractivity contribution in [3.63, 3.8) is 0 Å². The van der Waals surface area contributed by atoms with Gasteiger partial charge in [0.05, 0.1) is 26.4 Å². The molecular weight excluding hydrogens is 218 g/mol. The highest BCUT2D eigenvalue weighted by Gasteiger charge is 2.10. The maximum Gasteiger partial charge on any atom is 0.121 e. The first-order valence-electron chi connectivity index (χ1n) is 5.70. The van der Waals surface area contributed by atoms with E-state index in [2.05, 4.69) is 5.32 Å². The summed E-state index contributed by atoms with van der Waals surface area (Å²) in [4.78, 5) is 0. The molecule has 0 aromatic heterocycles. The van der Waals surface area contributed by atoms with Crippen LogP contribution >= 0.6 is 0 Å². The smallest absolute Gasteiger partial charge is 0.121 e. The zero-order chi connectivity index (χ0) is 12.7. The Kier molecular flexibility index (Phi) is 5.97. The van der Waals surface area contributed by atoms with Crippen LogP contribution in [0.1, 0.15) is 17.2 Å². The number of aliphatic hydroxyl groups excluding tert-OH is 1. The van der Waals surface area contributed by atoms with Crippen molar-refractivity contribution in [2.75, 3.05) is 34.0 Å². The van der Waals surface area contributed by atoms with E-state index in [0.717, 1.165) is 16.9 Å². The number of hydrogen-bond donors (Lipinski definition) is 2. The van der Waals surface area contributed by atoms with Gasteiger partial charge in [0.1, 0.15) is 5.75 Å². The molecule has 17 heavy (non-hydrogen) atoms. The quantitative estimate of drug-likeness (QED) is 0.704. The van der Waals surface area contributed by atoms with Gasteiger partial charge in [-0.2, -0.15) is 0 Å². The van der Waals surface area contributed by atoms with Crippen LogP contribution in [0.3, 0.4) is 0 Å².